The van der Waals surface area contributed by atoms with Crippen LogP contribution in [0.2, 0.25) is 5.02 Å². The van der Waals surface area contributed by atoms with Crippen molar-refractivity contribution in [2.75, 3.05) is 0 Å². The minimum Gasteiger partial charge on any atom is -0.0843 e. The van der Waals surface area contributed by atoms with Gasteiger partial charge < -0.3 is 0 Å². The van der Waals surface area contributed by atoms with Gasteiger partial charge in [-0.2, -0.15) is 0 Å². The summed E-state index contributed by atoms with van der Waals surface area (Å²) in [5, 5.41) is 5.80. The summed E-state index contributed by atoms with van der Waals surface area (Å²) in [4.78, 5) is 0. The van der Waals surface area contributed by atoms with Gasteiger partial charge in [-0.1, -0.05) is 127 Å². The minimum absolute atomic E-state index is 0.748. The summed E-state index contributed by atoms with van der Waals surface area (Å²) in [7, 11) is 0. The van der Waals surface area contributed by atoms with Gasteiger partial charge in [0.1, 0.15) is 0 Å². The van der Waals surface area contributed by atoms with Crippen molar-refractivity contribution in [2.45, 2.75) is 0 Å². The van der Waals surface area contributed by atoms with Crippen molar-refractivity contribution >= 4 is 33.1 Å². The highest BCUT2D eigenvalue weighted by Crippen LogP contribution is 2.46. The molecule has 33 heavy (non-hydrogen) atoms. The number of hydrogen-bond donors (Lipinski definition) is 0. The minimum atomic E-state index is 0.748. The monoisotopic (exact) mass is 440 g/mol. The molecule has 0 heterocycles. The van der Waals surface area contributed by atoms with E-state index in [2.05, 4.69) is 115 Å². The third-order valence-corrected chi connectivity index (χ3v) is 6.58. The van der Waals surface area contributed by atoms with Crippen molar-refractivity contribution in [2.24, 2.45) is 0 Å². The molecule has 0 saturated carbocycles. The number of benzene rings is 6. The van der Waals surface area contributed by atoms with Crippen molar-refractivity contribution in [1.82, 2.24) is 0 Å². The Hall–Kier alpha value is -3.87. The molecule has 0 amide bonds. The molecule has 0 fully saturated rings. The lowest BCUT2D eigenvalue weighted by Gasteiger charge is -2.20. The molecule has 0 unspecified atom stereocenters. The Labute approximate surface area is 198 Å². The Morgan fingerprint density at radius 1 is 0.364 bits per heavy atom. The van der Waals surface area contributed by atoms with Gasteiger partial charge in [0.15, 0.2) is 0 Å². The standard InChI is InChI=1S/C32H21Cl/c33-25-20-18-22(19-21-25)26-16-9-17-29-30(23-10-3-1-4-11-23)27-14-7-8-15-28(27)31(32(26)29)24-12-5-2-6-13-24/h1-21H. The Morgan fingerprint density at radius 2 is 0.879 bits per heavy atom. The molecule has 0 atom stereocenters. The third kappa shape index (κ3) is 3.40. The summed E-state index contributed by atoms with van der Waals surface area (Å²) in [6.07, 6.45) is 0. The zero-order valence-electron chi connectivity index (χ0n) is 18.0. The fourth-order valence-electron chi connectivity index (χ4n) is 4.92. The van der Waals surface area contributed by atoms with E-state index in [1.54, 1.807) is 0 Å². The van der Waals surface area contributed by atoms with E-state index in [0.29, 0.717) is 0 Å². The van der Waals surface area contributed by atoms with Crippen LogP contribution in [-0.2, 0) is 0 Å². The van der Waals surface area contributed by atoms with Crippen LogP contribution in [0.15, 0.2) is 127 Å². The zero-order chi connectivity index (χ0) is 22.2. The van der Waals surface area contributed by atoms with Crippen LogP contribution in [0.4, 0.5) is 0 Å². The van der Waals surface area contributed by atoms with Gasteiger partial charge in [-0.05, 0) is 67.1 Å². The van der Waals surface area contributed by atoms with E-state index in [4.69, 9.17) is 11.6 Å². The maximum atomic E-state index is 6.23. The van der Waals surface area contributed by atoms with E-state index in [-0.39, 0.29) is 0 Å². The second kappa shape index (κ2) is 8.24. The van der Waals surface area contributed by atoms with Crippen molar-refractivity contribution in [3.63, 3.8) is 0 Å². The molecule has 6 aromatic rings. The van der Waals surface area contributed by atoms with E-state index in [9.17, 15) is 0 Å². The molecule has 0 saturated heterocycles. The van der Waals surface area contributed by atoms with Gasteiger partial charge in [-0.3, -0.25) is 0 Å². The number of hydrogen-bond acceptors (Lipinski definition) is 0. The predicted molar refractivity (Wildman–Crippen MR) is 143 cm³/mol. The molecule has 6 aromatic carbocycles. The average Bonchev–Trinajstić information content (AvgIpc) is 2.88. The second-order valence-electron chi connectivity index (χ2n) is 8.26. The predicted octanol–water partition coefficient (Wildman–Crippen LogP) is 9.65. The molecule has 0 aromatic heterocycles. The Bertz CT molecular complexity index is 1580. The first-order chi connectivity index (χ1) is 16.3. The fraction of sp³-hybridized carbons (Fsp3) is 0. The number of fused-ring (bicyclic) bond motifs is 2. The summed E-state index contributed by atoms with van der Waals surface area (Å²) >= 11 is 6.23. The summed E-state index contributed by atoms with van der Waals surface area (Å²) in [5.74, 6) is 0. The molecule has 0 bridgehead atoms. The number of halogens is 1. The summed E-state index contributed by atoms with van der Waals surface area (Å²) in [5.41, 5.74) is 7.37. The number of rotatable bonds is 3. The van der Waals surface area contributed by atoms with Crippen molar-refractivity contribution in [3.8, 4) is 33.4 Å². The molecule has 0 N–H and O–H groups in total. The second-order valence-corrected chi connectivity index (χ2v) is 8.70. The van der Waals surface area contributed by atoms with E-state index in [1.165, 1.54) is 49.4 Å². The molecular formula is C32H21Cl. The van der Waals surface area contributed by atoms with Gasteiger partial charge >= 0.3 is 0 Å². The van der Waals surface area contributed by atoms with E-state index >= 15 is 0 Å². The molecule has 0 radical (unpaired) electrons. The SMILES string of the molecule is Clc1ccc(-c2cccc3c(-c4ccccc4)c4ccccc4c(-c4ccccc4)c23)cc1. The molecule has 0 spiro atoms. The highest BCUT2D eigenvalue weighted by molar-refractivity contribution is 6.30. The summed E-state index contributed by atoms with van der Waals surface area (Å²) < 4.78 is 0. The quantitative estimate of drug-likeness (QED) is 0.240. The molecule has 0 aliphatic carbocycles. The highest BCUT2D eigenvalue weighted by Gasteiger charge is 2.19. The lowest BCUT2D eigenvalue weighted by atomic mass is 9.83. The van der Waals surface area contributed by atoms with E-state index in [0.717, 1.165) is 10.6 Å². The first-order valence-electron chi connectivity index (χ1n) is 11.2. The average molecular weight is 441 g/mol. The molecule has 156 valence electrons. The van der Waals surface area contributed by atoms with Gasteiger partial charge in [-0.25, -0.2) is 0 Å². The van der Waals surface area contributed by atoms with Crippen LogP contribution >= 0.6 is 11.6 Å². The summed E-state index contributed by atoms with van der Waals surface area (Å²) in [6, 6.07) is 45.0. The van der Waals surface area contributed by atoms with E-state index < -0.39 is 0 Å². The normalized spacial score (nSPS) is 11.2. The molecule has 0 aliphatic rings. The van der Waals surface area contributed by atoms with Gasteiger partial charge in [-0.15, -0.1) is 0 Å². The van der Waals surface area contributed by atoms with Gasteiger partial charge in [0.2, 0.25) is 0 Å². The highest BCUT2D eigenvalue weighted by atomic mass is 35.5. The lowest BCUT2D eigenvalue weighted by molar-refractivity contribution is 1.63. The Balaban J connectivity index is 1.86. The van der Waals surface area contributed by atoms with Crippen LogP contribution < -0.4 is 0 Å². The van der Waals surface area contributed by atoms with Crippen molar-refractivity contribution in [1.29, 1.82) is 0 Å². The van der Waals surface area contributed by atoms with Crippen LogP contribution in [0.5, 0.6) is 0 Å². The van der Waals surface area contributed by atoms with Gasteiger partial charge in [0.25, 0.3) is 0 Å². The molecular weight excluding hydrogens is 420 g/mol. The Kier molecular flexibility index (Phi) is 4.94. The van der Waals surface area contributed by atoms with Gasteiger partial charge in [0, 0.05) is 5.02 Å². The fourth-order valence-corrected chi connectivity index (χ4v) is 5.05. The maximum Gasteiger partial charge on any atom is 0.0406 e. The van der Waals surface area contributed by atoms with Gasteiger partial charge in [0.05, 0.1) is 0 Å². The smallest absolute Gasteiger partial charge is 0.0406 e. The van der Waals surface area contributed by atoms with Crippen LogP contribution in [0.25, 0.3) is 54.9 Å². The molecule has 6 rings (SSSR count). The first-order valence-corrected chi connectivity index (χ1v) is 11.5. The van der Waals surface area contributed by atoms with Crippen LogP contribution in [0.3, 0.4) is 0 Å². The van der Waals surface area contributed by atoms with Crippen molar-refractivity contribution in [3.05, 3.63) is 132 Å². The van der Waals surface area contributed by atoms with Crippen LogP contribution in [0.1, 0.15) is 0 Å². The molecule has 1 heteroatoms. The van der Waals surface area contributed by atoms with Crippen molar-refractivity contribution < 1.29 is 0 Å². The van der Waals surface area contributed by atoms with Crippen LogP contribution in [-0.4, -0.2) is 0 Å². The zero-order valence-corrected chi connectivity index (χ0v) is 18.8. The largest absolute Gasteiger partial charge is 0.0843 e. The molecule has 0 aliphatic heterocycles. The maximum absolute atomic E-state index is 6.23. The summed E-state index contributed by atoms with van der Waals surface area (Å²) in [6.45, 7) is 0. The molecule has 0 nitrogen and oxygen atoms in total. The van der Waals surface area contributed by atoms with E-state index in [1.807, 2.05) is 12.1 Å². The first kappa shape index (κ1) is 19.8. The lowest BCUT2D eigenvalue weighted by Crippen LogP contribution is -1.93. The van der Waals surface area contributed by atoms with Crippen LogP contribution in [0, 0.1) is 0 Å². The third-order valence-electron chi connectivity index (χ3n) is 6.33. The topological polar surface area (TPSA) is 0 Å². The Morgan fingerprint density at radius 3 is 1.52 bits per heavy atom.